The second-order valence-electron chi connectivity index (χ2n) is 4.69. The van der Waals surface area contributed by atoms with Gasteiger partial charge in [-0.2, -0.15) is 5.26 Å². The SMILES string of the molecule is N#Cc1ccc(Cn2ccc3ccc(C=O)cc32)cc1. The number of aromatic nitrogens is 1. The molecule has 0 saturated heterocycles. The Hall–Kier alpha value is -2.86. The van der Waals surface area contributed by atoms with E-state index in [0.29, 0.717) is 11.1 Å². The molecule has 3 aromatic rings. The van der Waals surface area contributed by atoms with Crippen LogP contribution in [0.3, 0.4) is 0 Å². The predicted octanol–water partition coefficient (Wildman–Crippen LogP) is 3.37. The Kier molecular flexibility index (Phi) is 3.06. The van der Waals surface area contributed by atoms with E-state index < -0.39 is 0 Å². The highest BCUT2D eigenvalue weighted by Crippen LogP contribution is 2.18. The second-order valence-corrected chi connectivity index (χ2v) is 4.69. The zero-order chi connectivity index (χ0) is 13.9. The largest absolute Gasteiger partial charge is 0.343 e. The number of nitriles is 1. The molecule has 0 bridgehead atoms. The molecule has 2 aromatic carbocycles. The lowest BCUT2D eigenvalue weighted by molar-refractivity contribution is 0.112. The number of benzene rings is 2. The fraction of sp³-hybridized carbons (Fsp3) is 0.0588. The van der Waals surface area contributed by atoms with Gasteiger partial charge in [0, 0.05) is 23.8 Å². The van der Waals surface area contributed by atoms with Crippen LogP contribution in [0.4, 0.5) is 0 Å². The highest BCUT2D eigenvalue weighted by molar-refractivity contribution is 5.87. The summed E-state index contributed by atoms with van der Waals surface area (Å²) in [6, 6.07) is 17.4. The summed E-state index contributed by atoms with van der Waals surface area (Å²) in [6.07, 6.45) is 2.87. The fourth-order valence-corrected chi connectivity index (χ4v) is 2.29. The predicted molar refractivity (Wildman–Crippen MR) is 77.6 cm³/mol. The monoisotopic (exact) mass is 260 g/mol. The van der Waals surface area contributed by atoms with Crippen molar-refractivity contribution in [2.24, 2.45) is 0 Å². The van der Waals surface area contributed by atoms with Crippen LogP contribution >= 0.6 is 0 Å². The molecular formula is C17H12N2O. The van der Waals surface area contributed by atoms with Gasteiger partial charge < -0.3 is 4.57 Å². The molecule has 0 aliphatic carbocycles. The Labute approximate surface area is 116 Å². The lowest BCUT2D eigenvalue weighted by Gasteiger charge is -2.06. The minimum atomic E-state index is 0.661. The summed E-state index contributed by atoms with van der Waals surface area (Å²) in [7, 11) is 0. The molecule has 1 aromatic heterocycles. The van der Waals surface area contributed by atoms with Crippen molar-refractivity contribution in [1.82, 2.24) is 4.57 Å². The maximum Gasteiger partial charge on any atom is 0.150 e. The lowest BCUT2D eigenvalue weighted by atomic mass is 10.1. The smallest absolute Gasteiger partial charge is 0.150 e. The molecule has 0 spiro atoms. The zero-order valence-electron chi connectivity index (χ0n) is 10.8. The molecule has 0 amide bonds. The van der Waals surface area contributed by atoms with Crippen LogP contribution in [0.1, 0.15) is 21.5 Å². The van der Waals surface area contributed by atoms with Gasteiger partial charge in [-0.05, 0) is 35.2 Å². The topological polar surface area (TPSA) is 45.8 Å². The Bertz CT molecular complexity index is 807. The quantitative estimate of drug-likeness (QED) is 0.678. The number of aldehydes is 1. The first-order valence-corrected chi connectivity index (χ1v) is 6.33. The summed E-state index contributed by atoms with van der Waals surface area (Å²) in [5, 5.41) is 9.91. The minimum absolute atomic E-state index is 0.661. The zero-order valence-corrected chi connectivity index (χ0v) is 10.8. The maximum absolute atomic E-state index is 10.9. The van der Waals surface area contributed by atoms with Gasteiger partial charge in [0.25, 0.3) is 0 Å². The summed E-state index contributed by atoms with van der Waals surface area (Å²) >= 11 is 0. The number of carbonyl (C=O) groups is 1. The fourth-order valence-electron chi connectivity index (χ4n) is 2.29. The van der Waals surface area contributed by atoms with Gasteiger partial charge in [0.2, 0.25) is 0 Å². The molecule has 0 radical (unpaired) electrons. The summed E-state index contributed by atoms with van der Waals surface area (Å²) in [5.74, 6) is 0. The molecule has 3 nitrogen and oxygen atoms in total. The summed E-state index contributed by atoms with van der Waals surface area (Å²) in [4.78, 5) is 10.9. The molecule has 0 aliphatic rings. The van der Waals surface area contributed by atoms with Gasteiger partial charge in [-0.3, -0.25) is 4.79 Å². The van der Waals surface area contributed by atoms with Crippen LogP contribution in [-0.4, -0.2) is 10.9 Å². The molecule has 0 unspecified atom stereocenters. The third-order valence-electron chi connectivity index (χ3n) is 3.37. The molecule has 0 aliphatic heterocycles. The molecule has 20 heavy (non-hydrogen) atoms. The van der Waals surface area contributed by atoms with Gasteiger partial charge in [-0.15, -0.1) is 0 Å². The molecule has 0 saturated carbocycles. The van der Waals surface area contributed by atoms with Crippen LogP contribution < -0.4 is 0 Å². The van der Waals surface area contributed by atoms with Gasteiger partial charge in [0.1, 0.15) is 6.29 Å². The van der Waals surface area contributed by atoms with Crippen LogP contribution in [0, 0.1) is 11.3 Å². The van der Waals surface area contributed by atoms with Gasteiger partial charge in [-0.25, -0.2) is 0 Å². The van der Waals surface area contributed by atoms with Gasteiger partial charge >= 0.3 is 0 Å². The van der Waals surface area contributed by atoms with E-state index in [-0.39, 0.29) is 0 Å². The molecule has 0 N–H and O–H groups in total. The van der Waals surface area contributed by atoms with Gasteiger partial charge in [-0.1, -0.05) is 24.3 Å². The Morgan fingerprint density at radius 2 is 1.90 bits per heavy atom. The van der Waals surface area contributed by atoms with Crippen molar-refractivity contribution in [3.63, 3.8) is 0 Å². The summed E-state index contributed by atoms with van der Waals surface area (Å²) < 4.78 is 2.10. The van der Waals surface area contributed by atoms with Crippen molar-refractivity contribution >= 4 is 17.2 Å². The van der Waals surface area contributed by atoms with Crippen molar-refractivity contribution < 1.29 is 4.79 Å². The van der Waals surface area contributed by atoms with Crippen molar-refractivity contribution in [1.29, 1.82) is 5.26 Å². The van der Waals surface area contributed by atoms with Crippen molar-refractivity contribution in [2.75, 3.05) is 0 Å². The normalized spacial score (nSPS) is 10.3. The van der Waals surface area contributed by atoms with Crippen LogP contribution in [0.5, 0.6) is 0 Å². The first-order valence-electron chi connectivity index (χ1n) is 6.33. The van der Waals surface area contributed by atoms with Crippen LogP contribution in [0.15, 0.2) is 54.7 Å². The standard InChI is InChI=1S/C17H12N2O/c18-10-13-1-3-14(4-2-13)11-19-8-7-16-6-5-15(12-20)9-17(16)19/h1-9,12H,11H2. The third-order valence-corrected chi connectivity index (χ3v) is 3.37. The number of fused-ring (bicyclic) bond motifs is 1. The van der Waals surface area contributed by atoms with Crippen LogP contribution in [-0.2, 0) is 6.54 Å². The van der Waals surface area contributed by atoms with Crippen LogP contribution in [0.2, 0.25) is 0 Å². The van der Waals surface area contributed by atoms with Crippen LogP contribution in [0.25, 0.3) is 10.9 Å². The number of nitrogens with zero attached hydrogens (tertiary/aromatic N) is 2. The third kappa shape index (κ3) is 2.19. The van der Waals surface area contributed by atoms with Gasteiger partial charge in [0.15, 0.2) is 0 Å². The van der Waals surface area contributed by atoms with E-state index in [4.69, 9.17) is 5.26 Å². The first kappa shape index (κ1) is 12.2. The Morgan fingerprint density at radius 3 is 2.60 bits per heavy atom. The van der Waals surface area contributed by atoms with Crippen molar-refractivity contribution in [2.45, 2.75) is 6.54 Å². The first-order chi connectivity index (χ1) is 9.80. The molecule has 1 heterocycles. The average molecular weight is 260 g/mol. The van der Waals surface area contributed by atoms with Crippen molar-refractivity contribution in [3.8, 4) is 6.07 Å². The van der Waals surface area contributed by atoms with E-state index in [1.165, 1.54) is 0 Å². The van der Waals surface area contributed by atoms with E-state index in [9.17, 15) is 4.79 Å². The maximum atomic E-state index is 10.9. The van der Waals surface area contributed by atoms with E-state index >= 15 is 0 Å². The van der Waals surface area contributed by atoms with Crippen molar-refractivity contribution in [3.05, 3.63) is 71.4 Å². The lowest BCUT2D eigenvalue weighted by Crippen LogP contribution is -1.98. The molecule has 3 rings (SSSR count). The highest BCUT2D eigenvalue weighted by Gasteiger charge is 2.03. The van der Waals surface area contributed by atoms with E-state index in [0.717, 1.165) is 29.3 Å². The Morgan fingerprint density at radius 1 is 1.10 bits per heavy atom. The molecule has 0 fully saturated rings. The number of rotatable bonds is 3. The second kappa shape index (κ2) is 5.02. The number of hydrogen-bond acceptors (Lipinski definition) is 2. The molecule has 0 atom stereocenters. The summed E-state index contributed by atoms with van der Waals surface area (Å²) in [5.41, 5.74) is 3.50. The average Bonchev–Trinajstić information content (AvgIpc) is 2.90. The number of carbonyl (C=O) groups excluding carboxylic acids is 1. The molecular weight excluding hydrogens is 248 g/mol. The summed E-state index contributed by atoms with van der Waals surface area (Å²) in [6.45, 7) is 0.720. The number of hydrogen-bond donors (Lipinski definition) is 0. The minimum Gasteiger partial charge on any atom is -0.343 e. The van der Waals surface area contributed by atoms with E-state index in [1.807, 2.05) is 54.7 Å². The van der Waals surface area contributed by atoms with E-state index in [2.05, 4.69) is 10.6 Å². The van der Waals surface area contributed by atoms with E-state index in [1.54, 1.807) is 0 Å². The Balaban J connectivity index is 1.97. The molecule has 3 heteroatoms. The van der Waals surface area contributed by atoms with Gasteiger partial charge in [0.05, 0.1) is 11.6 Å². The highest BCUT2D eigenvalue weighted by atomic mass is 16.1. The molecule has 96 valence electrons.